The first kappa shape index (κ1) is 15.8. The Bertz CT molecular complexity index is 600. The van der Waals surface area contributed by atoms with Crippen LogP contribution in [0, 0.1) is 0 Å². The normalized spacial score (nSPS) is 23.7. The number of morpholine rings is 1. The predicted molar refractivity (Wildman–Crippen MR) is 90.7 cm³/mol. The molecule has 0 saturated carbocycles. The number of carbonyl (C=O) groups is 1. The van der Waals surface area contributed by atoms with E-state index in [1.807, 2.05) is 12.1 Å². The van der Waals surface area contributed by atoms with Crippen molar-refractivity contribution in [3.05, 3.63) is 35.9 Å². The Morgan fingerprint density at radius 1 is 1.43 bits per heavy atom. The number of urea groups is 1. The first-order valence-corrected chi connectivity index (χ1v) is 8.13. The van der Waals surface area contributed by atoms with Crippen LogP contribution in [0.2, 0.25) is 0 Å². The van der Waals surface area contributed by atoms with Crippen molar-refractivity contribution in [3.63, 3.8) is 0 Å². The largest absolute Gasteiger partial charge is 0.355 e. The number of primary amides is 1. The molecule has 2 aliphatic heterocycles. The van der Waals surface area contributed by atoms with Gasteiger partial charge in [0.2, 0.25) is 0 Å². The van der Waals surface area contributed by atoms with Gasteiger partial charge in [-0.1, -0.05) is 43.7 Å². The van der Waals surface area contributed by atoms with Gasteiger partial charge in [-0.15, -0.1) is 0 Å². The van der Waals surface area contributed by atoms with Crippen LogP contribution in [0.4, 0.5) is 10.5 Å². The summed E-state index contributed by atoms with van der Waals surface area (Å²) in [6, 6.07) is 7.83. The first-order valence-electron chi connectivity index (χ1n) is 8.13. The molecule has 2 amide bonds. The zero-order valence-electron chi connectivity index (χ0n) is 13.5. The Morgan fingerprint density at radius 2 is 2.26 bits per heavy atom. The summed E-state index contributed by atoms with van der Waals surface area (Å²) < 4.78 is 6.08. The van der Waals surface area contributed by atoms with E-state index < -0.39 is 11.8 Å². The molecular formula is C17H24N4O2. The zero-order valence-corrected chi connectivity index (χ0v) is 13.5. The number of amides is 2. The lowest BCUT2D eigenvalue weighted by Gasteiger charge is -2.46. The maximum Gasteiger partial charge on any atom is 0.315 e. The second-order valence-electron chi connectivity index (χ2n) is 6.04. The highest BCUT2D eigenvalue weighted by Gasteiger charge is 2.39. The molecule has 0 bridgehead atoms. The maximum atomic E-state index is 11.6. The number of ether oxygens (including phenoxy) is 1. The monoisotopic (exact) mass is 316 g/mol. The quantitative estimate of drug-likeness (QED) is 0.890. The second kappa shape index (κ2) is 6.60. The molecule has 6 nitrogen and oxygen atoms in total. The van der Waals surface area contributed by atoms with Crippen molar-refractivity contribution in [3.8, 4) is 0 Å². The number of hydrogen-bond acceptors (Lipinski definition) is 4. The van der Waals surface area contributed by atoms with Crippen LogP contribution in [-0.2, 0) is 4.74 Å². The standard InChI is InChI=1S/C17H24N4O2/c1-2-9-17(13-20(16(18)22)11-12-23-17)19-21-10-5-7-14-6-3-4-8-15(14)21/h3-8,19H,2,9-13H2,1H3,(H2,18,22). The molecule has 0 aliphatic carbocycles. The van der Waals surface area contributed by atoms with Crippen molar-refractivity contribution in [1.82, 2.24) is 10.3 Å². The highest BCUT2D eigenvalue weighted by atomic mass is 16.5. The fourth-order valence-electron chi connectivity index (χ4n) is 3.26. The zero-order chi connectivity index (χ0) is 16.3. The minimum Gasteiger partial charge on any atom is -0.355 e. The Hall–Kier alpha value is -2.05. The number of nitrogens with zero attached hydrogens (tertiary/aromatic N) is 2. The number of para-hydroxylation sites is 1. The third kappa shape index (κ3) is 3.33. The molecule has 2 heterocycles. The van der Waals surface area contributed by atoms with Crippen molar-refractivity contribution in [2.75, 3.05) is 31.3 Å². The molecule has 1 atom stereocenters. The van der Waals surface area contributed by atoms with Crippen LogP contribution in [-0.4, -0.2) is 42.9 Å². The lowest BCUT2D eigenvalue weighted by Crippen LogP contribution is -2.66. The minimum atomic E-state index is -0.597. The van der Waals surface area contributed by atoms with E-state index in [9.17, 15) is 4.79 Å². The number of hydrazine groups is 1. The smallest absolute Gasteiger partial charge is 0.315 e. The molecule has 0 spiro atoms. The number of anilines is 1. The van der Waals surface area contributed by atoms with E-state index in [4.69, 9.17) is 10.5 Å². The highest BCUT2D eigenvalue weighted by molar-refractivity contribution is 5.72. The van der Waals surface area contributed by atoms with Crippen molar-refractivity contribution >= 4 is 17.8 Å². The average molecular weight is 316 g/mol. The van der Waals surface area contributed by atoms with Crippen LogP contribution < -0.4 is 16.2 Å². The summed E-state index contributed by atoms with van der Waals surface area (Å²) >= 11 is 0. The van der Waals surface area contributed by atoms with Gasteiger partial charge in [-0.3, -0.25) is 0 Å². The van der Waals surface area contributed by atoms with Gasteiger partial charge in [0.1, 0.15) is 0 Å². The van der Waals surface area contributed by atoms with E-state index in [2.05, 4.69) is 41.6 Å². The Morgan fingerprint density at radius 3 is 3.04 bits per heavy atom. The third-order valence-electron chi connectivity index (χ3n) is 4.30. The van der Waals surface area contributed by atoms with Crippen molar-refractivity contribution in [2.45, 2.75) is 25.5 Å². The van der Waals surface area contributed by atoms with Crippen LogP contribution in [0.25, 0.3) is 6.08 Å². The van der Waals surface area contributed by atoms with E-state index in [-0.39, 0.29) is 0 Å². The molecule has 23 heavy (non-hydrogen) atoms. The van der Waals surface area contributed by atoms with E-state index in [0.717, 1.165) is 25.1 Å². The molecule has 6 heteroatoms. The highest BCUT2D eigenvalue weighted by Crippen LogP contribution is 2.28. The molecule has 2 aliphatic rings. The van der Waals surface area contributed by atoms with Gasteiger partial charge in [-0.2, -0.15) is 0 Å². The summed E-state index contributed by atoms with van der Waals surface area (Å²) in [5.41, 5.74) is 10.7. The topological polar surface area (TPSA) is 70.8 Å². The fraction of sp³-hybridized carbons (Fsp3) is 0.471. The van der Waals surface area contributed by atoms with Gasteiger partial charge in [-0.25, -0.2) is 10.2 Å². The van der Waals surface area contributed by atoms with Crippen molar-refractivity contribution in [1.29, 1.82) is 0 Å². The number of fused-ring (bicyclic) bond motifs is 1. The second-order valence-corrected chi connectivity index (χ2v) is 6.04. The molecule has 1 aromatic rings. The van der Waals surface area contributed by atoms with Gasteiger partial charge in [-0.05, 0) is 18.1 Å². The Labute approximate surface area is 136 Å². The van der Waals surface area contributed by atoms with E-state index >= 15 is 0 Å². The van der Waals surface area contributed by atoms with Crippen LogP contribution >= 0.6 is 0 Å². The molecule has 0 radical (unpaired) electrons. The number of hydrogen-bond donors (Lipinski definition) is 2. The van der Waals surface area contributed by atoms with Gasteiger partial charge in [0.05, 0.1) is 25.4 Å². The lowest BCUT2D eigenvalue weighted by atomic mass is 10.1. The predicted octanol–water partition coefficient (Wildman–Crippen LogP) is 1.93. The van der Waals surface area contributed by atoms with E-state index in [0.29, 0.717) is 19.7 Å². The number of benzene rings is 1. The SMILES string of the molecule is CCCC1(NN2CC=Cc3ccccc32)CN(C(N)=O)CCO1. The van der Waals surface area contributed by atoms with Gasteiger partial charge >= 0.3 is 6.03 Å². The van der Waals surface area contributed by atoms with Crippen molar-refractivity contribution < 1.29 is 9.53 Å². The van der Waals surface area contributed by atoms with Crippen LogP contribution in [0.1, 0.15) is 25.3 Å². The summed E-state index contributed by atoms with van der Waals surface area (Å²) in [6.45, 7) is 4.35. The van der Waals surface area contributed by atoms with Crippen molar-refractivity contribution in [2.24, 2.45) is 5.73 Å². The van der Waals surface area contributed by atoms with Crippen LogP contribution in [0.15, 0.2) is 30.3 Å². The molecule has 124 valence electrons. The van der Waals surface area contributed by atoms with Gasteiger partial charge < -0.3 is 20.4 Å². The van der Waals surface area contributed by atoms with Gasteiger partial charge in [0.25, 0.3) is 0 Å². The van der Waals surface area contributed by atoms with E-state index in [1.54, 1.807) is 4.90 Å². The minimum absolute atomic E-state index is 0.394. The molecule has 1 saturated heterocycles. The Kier molecular flexibility index (Phi) is 4.54. The number of nitrogens with two attached hydrogens (primary N) is 1. The van der Waals surface area contributed by atoms with E-state index in [1.165, 1.54) is 5.56 Å². The molecule has 1 aromatic carbocycles. The van der Waals surface area contributed by atoms with Crippen LogP contribution in [0.3, 0.4) is 0 Å². The molecule has 3 rings (SSSR count). The summed E-state index contributed by atoms with van der Waals surface area (Å²) in [7, 11) is 0. The summed E-state index contributed by atoms with van der Waals surface area (Å²) in [5.74, 6) is 0. The van der Waals surface area contributed by atoms with Gasteiger partial charge in [0, 0.05) is 6.54 Å². The maximum absolute atomic E-state index is 11.6. The molecule has 3 N–H and O–H groups in total. The fourth-order valence-corrected chi connectivity index (χ4v) is 3.26. The number of nitrogens with one attached hydrogen (secondary N) is 1. The average Bonchev–Trinajstić information content (AvgIpc) is 2.55. The summed E-state index contributed by atoms with van der Waals surface area (Å²) in [6.07, 6.45) is 5.99. The number of rotatable bonds is 4. The molecule has 0 aromatic heterocycles. The number of carbonyl (C=O) groups excluding carboxylic acids is 1. The first-order chi connectivity index (χ1) is 11.1. The molecule has 1 unspecified atom stereocenters. The Balaban J connectivity index is 1.83. The van der Waals surface area contributed by atoms with Crippen LogP contribution in [0.5, 0.6) is 0 Å². The van der Waals surface area contributed by atoms with Gasteiger partial charge in [0.15, 0.2) is 5.72 Å². The third-order valence-corrected chi connectivity index (χ3v) is 4.30. The molecule has 1 fully saturated rings. The summed E-state index contributed by atoms with van der Waals surface area (Å²) in [5, 5.41) is 2.09. The molecular weight excluding hydrogens is 292 g/mol. The lowest BCUT2D eigenvalue weighted by molar-refractivity contribution is -0.124. The summed E-state index contributed by atoms with van der Waals surface area (Å²) in [4.78, 5) is 13.2.